The minimum atomic E-state index is -0.779. The summed E-state index contributed by atoms with van der Waals surface area (Å²) in [6.07, 6.45) is -0.242. The number of methoxy groups -OCH3 is 1. The summed E-state index contributed by atoms with van der Waals surface area (Å²) in [5, 5.41) is 0.383. The van der Waals surface area contributed by atoms with E-state index in [0.29, 0.717) is 5.75 Å². The predicted molar refractivity (Wildman–Crippen MR) is 77.4 cm³/mol. The van der Waals surface area contributed by atoms with Gasteiger partial charge in [-0.25, -0.2) is 8.78 Å². The van der Waals surface area contributed by atoms with Gasteiger partial charge in [0.15, 0.2) is 5.78 Å². The van der Waals surface area contributed by atoms with E-state index in [1.807, 2.05) is 0 Å². The predicted octanol–water partition coefficient (Wildman–Crippen LogP) is 4.71. The first-order valence-corrected chi connectivity index (χ1v) is 6.68. The molecule has 0 saturated carbocycles. The molecule has 0 saturated heterocycles. The van der Waals surface area contributed by atoms with Gasteiger partial charge in [0.2, 0.25) is 0 Å². The second kappa shape index (κ2) is 6.41. The van der Waals surface area contributed by atoms with Crippen molar-refractivity contribution in [3.63, 3.8) is 0 Å². The molecule has 0 spiro atoms. The van der Waals surface area contributed by atoms with E-state index in [2.05, 4.69) is 0 Å². The van der Waals surface area contributed by atoms with Crippen LogP contribution in [0.15, 0.2) is 30.3 Å². The van der Waals surface area contributed by atoms with E-state index in [9.17, 15) is 13.6 Å². The third-order valence-electron chi connectivity index (χ3n) is 2.91. The minimum absolute atomic E-state index is 0.0874. The second-order valence-corrected chi connectivity index (χ2v) is 5.12. The summed E-state index contributed by atoms with van der Waals surface area (Å²) in [5.41, 5.74) is 0.246. The Hall–Kier alpha value is -1.65. The molecule has 2 nitrogen and oxygen atoms in total. The van der Waals surface area contributed by atoms with Gasteiger partial charge in [-0.15, -0.1) is 0 Å². The van der Waals surface area contributed by atoms with Crippen LogP contribution in [-0.4, -0.2) is 12.9 Å². The topological polar surface area (TPSA) is 26.3 Å². The highest BCUT2D eigenvalue weighted by molar-refractivity contribution is 6.36. The van der Waals surface area contributed by atoms with Gasteiger partial charge in [-0.2, -0.15) is 0 Å². The number of carbonyl (C=O) groups is 1. The Morgan fingerprint density at radius 1 is 1.14 bits per heavy atom. The van der Waals surface area contributed by atoms with Crippen LogP contribution in [-0.2, 0) is 6.42 Å². The summed E-state index contributed by atoms with van der Waals surface area (Å²) < 4.78 is 31.4. The van der Waals surface area contributed by atoms with E-state index >= 15 is 0 Å². The van der Waals surface area contributed by atoms with Crippen LogP contribution < -0.4 is 4.74 Å². The van der Waals surface area contributed by atoms with Crippen molar-refractivity contribution in [3.8, 4) is 5.75 Å². The van der Waals surface area contributed by atoms with Crippen LogP contribution in [0.3, 0.4) is 0 Å². The number of rotatable bonds is 4. The molecule has 21 heavy (non-hydrogen) atoms. The fourth-order valence-corrected chi connectivity index (χ4v) is 2.33. The highest BCUT2D eigenvalue weighted by atomic mass is 35.5. The highest BCUT2D eigenvalue weighted by Gasteiger charge is 2.16. The van der Waals surface area contributed by atoms with Gasteiger partial charge in [0.25, 0.3) is 0 Å². The Morgan fingerprint density at radius 2 is 1.86 bits per heavy atom. The van der Waals surface area contributed by atoms with Gasteiger partial charge in [-0.1, -0.05) is 29.3 Å². The molecule has 2 aromatic rings. The van der Waals surface area contributed by atoms with Crippen molar-refractivity contribution >= 4 is 29.0 Å². The molecule has 0 aliphatic carbocycles. The normalized spacial score (nSPS) is 10.5. The Morgan fingerprint density at radius 3 is 2.48 bits per heavy atom. The minimum Gasteiger partial charge on any atom is -0.495 e. The first-order chi connectivity index (χ1) is 9.92. The standard InChI is InChI=1S/C15H10Cl2F2O2/c1-21-15-7-11(16)10(6-12(15)17)14(20)4-8-2-3-9(18)5-13(8)19/h2-3,5-7H,4H2,1H3. The lowest BCUT2D eigenvalue weighted by Crippen LogP contribution is -2.06. The number of halogens is 4. The average molecular weight is 331 g/mol. The van der Waals surface area contributed by atoms with Gasteiger partial charge in [-0.3, -0.25) is 4.79 Å². The second-order valence-electron chi connectivity index (χ2n) is 4.30. The molecule has 6 heteroatoms. The van der Waals surface area contributed by atoms with Crippen molar-refractivity contribution < 1.29 is 18.3 Å². The van der Waals surface area contributed by atoms with Gasteiger partial charge in [0.05, 0.1) is 17.2 Å². The molecule has 0 heterocycles. The zero-order valence-corrected chi connectivity index (χ0v) is 12.4. The molecule has 0 unspecified atom stereocenters. The van der Waals surface area contributed by atoms with E-state index in [-0.39, 0.29) is 27.6 Å². The lowest BCUT2D eigenvalue weighted by molar-refractivity contribution is 0.0992. The summed E-state index contributed by atoms with van der Waals surface area (Å²) in [4.78, 5) is 12.2. The van der Waals surface area contributed by atoms with Gasteiger partial charge >= 0.3 is 0 Å². The zero-order valence-electron chi connectivity index (χ0n) is 10.9. The molecular weight excluding hydrogens is 321 g/mol. The average Bonchev–Trinajstić information content (AvgIpc) is 2.43. The number of Topliss-reactive ketones (excluding diaryl/α,β-unsaturated/α-hetero) is 1. The number of benzene rings is 2. The van der Waals surface area contributed by atoms with E-state index < -0.39 is 17.4 Å². The smallest absolute Gasteiger partial charge is 0.168 e. The Labute approximate surface area is 130 Å². The lowest BCUT2D eigenvalue weighted by Gasteiger charge is -2.09. The first kappa shape index (κ1) is 15.7. The third-order valence-corrected chi connectivity index (χ3v) is 3.52. The van der Waals surface area contributed by atoms with Crippen molar-refractivity contribution in [2.75, 3.05) is 7.11 Å². The van der Waals surface area contributed by atoms with Gasteiger partial charge in [0, 0.05) is 24.1 Å². The Bertz CT molecular complexity index is 702. The fourth-order valence-electron chi connectivity index (χ4n) is 1.83. The summed E-state index contributed by atoms with van der Waals surface area (Å²) in [6.45, 7) is 0. The highest BCUT2D eigenvalue weighted by Crippen LogP contribution is 2.31. The Kier molecular flexibility index (Phi) is 4.80. The molecule has 0 radical (unpaired) electrons. The number of carbonyl (C=O) groups excluding carboxylic acids is 1. The van der Waals surface area contributed by atoms with Crippen LogP contribution in [0.1, 0.15) is 15.9 Å². The third kappa shape index (κ3) is 3.52. The van der Waals surface area contributed by atoms with E-state index in [1.54, 1.807) is 0 Å². The fraction of sp³-hybridized carbons (Fsp3) is 0.133. The van der Waals surface area contributed by atoms with Crippen molar-refractivity contribution in [1.29, 1.82) is 0 Å². The lowest BCUT2D eigenvalue weighted by atomic mass is 10.0. The maximum absolute atomic E-state index is 13.6. The molecule has 0 amide bonds. The van der Waals surface area contributed by atoms with Crippen LogP contribution in [0.4, 0.5) is 8.78 Å². The van der Waals surface area contributed by atoms with Gasteiger partial charge < -0.3 is 4.74 Å². The molecule has 110 valence electrons. The molecule has 0 N–H and O–H groups in total. The van der Waals surface area contributed by atoms with Crippen molar-refractivity contribution in [2.45, 2.75) is 6.42 Å². The molecular formula is C15H10Cl2F2O2. The van der Waals surface area contributed by atoms with E-state index in [1.165, 1.54) is 25.3 Å². The molecule has 0 bridgehead atoms. The molecule has 2 aromatic carbocycles. The SMILES string of the molecule is COc1cc(Cl)c(C(=O)Cc2ccc(F)cc2F)cc1Cl. The monoisotopic (exact) mass is 330 g/mol. The van der Waals surface area contributed by atoms with Crippen LogP contribution in [0.25, 0.3) is 0 Å². The van der Waals surface area contributed by atoms with Crippen molar-refractivity contribution in [2.24, 2.45) is 0 Å². The first-order valence-electron chi connectivity index (χ1n) is 5.92. The molecule has 0 aliphatic rings. The van der Waals surface area contributed by atoms with Crippen LogP contribution >= 0.6 is 23.2 Å². The summed E-state index contributed by atoms with van der Waals surface area (Å²) >= 11 is 11.9. The maximum atomic E-state index is 13.6. The molecule has 0 fully saturated rings. The van der Waals surface area contributed by atoms with Crippen molar-refractivity contribution in [1.82, 2.24) is 0 Å². The van der Waals surface area contributed by atoms with Crippen molar-refractivity contribution in [3.05, 3.63) is 63.1 Å². The molecule has 2 rings (SSSR count). The summed E-state index contributed by atoms with van der Waals surface area (Å²) in [5.74, 6) is -1.56. The number of hydrogen-bond acceptors (Lipinski definition) is 2. The van der Waals surface area contributed by atoms with Crippen LogP contribution in [0.2, 0.25) is 10.0 Å². The quantitative estimate of drug-likeness (QED) is 0.759. The number of hydrogen-bond donors (Lipinski definition) is 0. The summed E-state index contributed by atoms with van der Waals surface area (Å²) in [7, 11) is 1.42. The Balaban J connectivity index is 2.30. The maximum Gasteiger partial charge on any atom is 0.168 e. The molecule has 0 aliphatic heterocycles. The summed E-state index contributed by atoms with van der Waals surface area (Å²) in [6, 6.07) is 5.83. The zero-order chi connectivity index (χ0) is 15.6. The molecule has 0 aromatic heterocycles. The van der Waals surface area contributed by atoms with E-state index in [4.69, 9.17) is 27.9 Å². The van der Waals surface area contributed by atoms with Crippen LogP contribution in [0.5, 0.6) is 5.75 Å². The van der Waals surface area contributed by atoms with E-state index in [0.717, 1.165) is 12.1 Å². The largest absolute Gasteiger partial charge is 0.495 e. The van der Waals surface area contributed by atoms with Gasteiger partial charge in [0.1, 0.15) is 17.4 Å². The number of ether oxygens (including phenoxy) is 1. The van der Waals surface area contributed by atoms with Crippen LogP contribution in [0, 0.1) is 11.6 Å². The van der Waals surface area contributed by atoms with Gasteiger partial charge in [-0.05, 0) is 17.7 Å². The molecule has 0 atom stereocenters. The number of ketones is 1.